The van der Waals surface area contributed by atoms with Crippen molar-refractivity contribution in [3.63, 3.8) is 0 Å². The monoisotopic (exact) mass is 283 g/mol. The lowest BCUT2D eigenvalue weighted by atomic mass is 10.2. The van der Waals surface area contributed by atoms with Crippen LogP contribution < -0.4 is 15.4 Å². The van der Waals surface area contributed by atoms with Crippen LogP contribution in [0.15, 0.2) is 18.3 Å². The van der Waals surface area contributed by atoms with Gasteiger partial charge in [0.25, 0.3) is 0 Å². The topological polar surface area (TPSA) is 121 Å². The average molecular weight is 283 g/mol. The summed E-state index contributed by atoms with van der Waals surface area (Å²) in [7, 11) is 1.48. The van der Waals surface area contributed by atoms with E-state index in [1.807, 2.05) is 0 Å². The number of rotatable bonds is 7. The van der Waals surface area contributed by atoms with Gasteiger partial charge in [-0.15, -0.1) is 0 Å². The fourth-order valence-electron chi connectivity index (χ4n) is 1.45. The number of aliphatic carboxylic acids is 1. The second-order valence-electron chi connectivity index (χ2n) is 3.94. The number of ether oxygens (including phenoxy) is 1. The molecule has 0 fully saturated rings. The Bertz CT molecular complexity index is 466. The Labute approximate surface area is 115 Å². The molecule has 1 atom stereocenters. The third kappa shape index (κ3) is 5.11. The van der Waals surface area contributed by atoms with Crippen molar-refractivity contribution in [3.8, 4) is 5.88 Å². The Hall–Kier alpha value is -2.35. The van der Waals surface area contributed by atoms with Crippen LogP contribution in [0.3, 0.4) is 0 Å². The molecule has 0 aromatic carbocycles. The summed E-state index contributed by atoms with van der Waals surface area (Å²) in [5.41, 5.74) is 0.765. The van der Waals surface area contributed by atoms with Gasteiger partial charge in [-0.3, -0.25) is 0 Å². The molecule has 0 aliphatic rings. The van der Waals surface area contributed by atoms with Gasteiger partial charge in [-0.05, 0) is 11.6 Å². The Balaban J connectivity index is 2.47. The number of carbonyl (C=O) groups is 2. The first kappa shape index (κ1) is 15.7. The number of carboxylic acid groups (broad SMARTS) is 1. The van der Waals surface area contributed by atoms with E-state index in [-0.39, 0.29) is 19.6 Å². The minimum absolute atomic E-state index is 0.0498. The van der Waals surface area contributed by atoms with E-state index in [0.29, 0.717) is 5.88 Å². The second kappa shape index (κ2) is 7.95. The number of methoxy groups -OCH3 is 1. The van der Waals surface area contributed by atoms with Crippen molar-refractivity contribution in [3.05, 3.63) is 23.9 Å². The number of carbonyl (C=O) groups excluding carboxylic acids is 1. The summed E-state index contributed by atoms with van der Waals surface area (Å²) in [4.78, 5) is 26.3. The summed E-state index contributed by atoms with van der Waals surface area (Å²) in [5, 5.41) is 22.3. The van der Waals surface area contributed by atoms with E-state index in [1.165, 1.54) is 7.11 Å². The van der Waals surface area contributed by atoms with Crippen LogP contribution in [0.4, 0.5) is 4.79 Å². The minimum Gasteiger partial charge on any atom is -0.481 e. The zero-order chi connectivity index (χ0) is 15.0. The molecule has 0 aliphatic heterocycles. The van der Waals surface area contributed by atoms with E-state index < -0.39 is 18.0 Å². The summed E-state index contributed by atoms with van der Waals surface area (Å²) in [5.74, 6) is -0.770. The molecule has 0 aliphatic carbocycles. The van der Waals surface area contributed by atoms with Crippen LogP contribution in [0.2, 0.25) is 0 Å². The third-order valence-corrected chi connectivity index (χ3v) is 2.48. The van der Waals surface area contributed by atoms with Crippen LogP contribution in [-0.4, -0.2) is 47.0 Å². The first-order valence-corrected chi connectivity index (χ1v) is 5.93. The largest absolute Gasteiger partial charge is 0.481 e. The van der Waals surface area contributed by atoms with Crippen LogP contribution in [-0.2, 0) is 11.3 Å². The highest BCUT2D eigenvalue weighted by molar-refractivity contribution is 5.82. The number of pyridine rings is 1. The van der Waals surface area contributed by atoms with Crippen LogP contribution in [0, 0.1) is 0 Å². The molecule has 0 saturated heterocycles. The number of carboxylic acids is 1. The number of hydrogen-bond acceptors (Lipinski definition) is 5. The molecule has 1 heterocycles. The standard InChI is InChI=1S/C12H17N3O5/c1-20-10-6-8(2-4-13-10)7-14-12(19)15-9(3-5-16)11(17)18/h2,4,6,9,16H,3,5,7H2,1H3,(H,17,18)(H2,14,15,19). The fraction of sp³-hybridized carbons (Fsp3) is 0.417. The summed E-state index contributed by atoms with van der Waals surface area (Å²) >= 11 is 0. The maximum Gasteiger partial charge on any atom is 0.326 e. The summed E-state index contributed by atoms with van der Waals surface area (Å²) in [6, 6.07) is 1.61. The molecule has 8 heteroatoms. The van der Waals surface area contributed by atoms with E-state index in [1.54, 1.807) is 18.3 Å². The molecule has 110 valence electrons. The van der Waals surface area contributed by atoms with Gasteiger partial charge in [-0.1, -0.05) is 0 Å². The normalized spacial score (nSPS) is 11.5. The molecule has 0 radical (unpaired) electrons. The van der Waals surface area contributed by atoms with Crippen molar-refractivity contribution >= 4 is 12.0 Å². The SMILES string of the molecule is COc1cc(CNC(=O)NC(CCO)C(=O)O)ccn1. The molecule has 1 aromatic heterocycles. The number of nitrogens with one attached hydrogen (secondary N) is 2. The highest BCUT2D eigenvalue weighted by Crippen LogP contribution is 2.07. The number of nitrogens with zero attached hydrogens (tertiary/aromatic N) is 1. The molecular weight excluding hydrogens is 266 g/mol. The molecule has 4 N–H and O–H groups in total. The second-order valence-corrected chi connectivity index (χ2v) is 3.94. The van der Waals surface area contributed by atoms with E-state index >= 15 is 0 Å². The third-order valence-electron chi connectivity index (χ3n) is 2.48. The van der Waals surface area contributed by atoms with Crippen molar-refractivity contribution in [2.24, 2.45) is 0 Å². The molecule has 2 amide bonds. The molecule has 0 spiro atoms. The van der Waals surface area contributed by atoms with Gasteiger partial charge < -0.3 is 25.6 Å². The molecule has 20 heavy (non-hydrogen) atoms. The molecule has 0 saturated carbocycles. The zero-order valence-electron chi connectivity index (χ0n) is 11.0. The van der Waals surface area contributed by atoms with Crippen LogP contribution >= 0.6 is 0 Å². The van der Waals surface area contributed by atoms with Gasteiger partial charge in [0, 0.05) is 31.8 Å². The lowest BCUT2D eigenvalue weighted by Gasteiger charge is -2.14. The quantitative estimate of drug-likeness (QED) is 0.546. The lowest BCUT2D eigenvalue weighted by molar-refractivity contribution is -0.139. The van der Waals surface area contributed by atoms with Crippen molar-refractivity contribution in [2.45, 2.75) is 19.0 Å². The number of urea groups is 1. The zero-order valence-corrected chi connectivity index (χ0v) is 11.0. The smallest absolute Gasteiger partial charge is 0.326 e. The van der Waals surface area contributed by atoms with Crippen molar-refractivity contribution < 1.29 is 24.5 Å². The minimum atomic E-state index is -1.19. The first-order valence-electron chi connectivity index (χ1n) is 5.93. The van der Waals surface area contributed by atoms with Gasteiger partial charge >= 0.3 is 12.0 Å². The number of amides is 2. The van der Waals surface area contributed by atoms with Gasteiger partial charge in [-0.25, -0.2) is 14.6 Å². The highest BCUT2D eigenvalue weighted by Gasteiger charge is 2.18. The van der Waals surface area contributed by atoms with Crippen molar-refractivity contribution in [1.29, 1.82) is 0 Å². The molecule has 8 nitrogen and oxygen atoms in total. The first-order chi connectivity index (χ1) is 9.56. The van der Waals surface area contributed by atoms with Crippen LogP contribution in [0.25, 0.3) is 0 Å². The van der Waals surface area contributed by atoms with Crippen molar-refractivity contribution in [2.75, 3.05) is 13.7 Å². The number of aliphatic hydroxyl groups is 1. The van der Waals surface area contributed by atoms with Crippen molar-refractivity contribution in [1.82, 2.24) is 15.6 Å². The number of aliphatic hydroxyl groups excluding tert-OH is 1. The Kier molecular flexibility index (Phi) is 6.24. The molecule has 1 rings (SSSR count). The van der Waals surface area contributed by atoms with Crippen LogP contribution in [0.5, 0.6) is 5.88 Å². The highest BCUT2D eigenvalue weighted by atomic mass is 16.5. The van der Waals surface area contributed by atoms with Gasteiger partial charge in [0.15, 0.2) is 0 Å². The summed E-state index contributed by atoms with van der Waals surface area (Å²) in [6.07, 6.45) is 1.49. The maximum atomic E-state index is 11.5. The van der Waals surface area contributed by atoms with E-state index in [9.17, 15) is 9.59 Å². The van der Waals surface area contributed by atoms with E-state index in [2.05, 4.69) is 15.6 Å². The van der Waals surface area contributed by atoms with Crippen LogP contribution in [0.1, 0.15) is 12.0 Å². The predicted molar refractivity (Wildman–Crippen MR) is 69.3 cm³/mol. The number of hydrogen-bond donors (Lipinski definition) is 4. The van der Waals surface area contributed by atoms with Gasteiger partial charge in [0.2, 0.25) is 5.88 Å². The van der Waals surface area contributed by atoms with E-state index in [0.717, 1.165) is 5.56 Å². The Morgan fingerprint density at radius 2 is 2.25 bits per heavy atom. The Morgan fingerprint density at radius 1 is 1.50 bits per heavy atom. The van der Waals surface area contributed by atoms with Gasteiger partial charge in [-0.2, -0.15) is 0 Å². The van der Waals surface area contributed by atoms with Gasteiger partial charge in [0.1, 0.15) is 6.04 Å². The molecule has 0 bridgehead atoms. The van der Waals surface area contributed by atoms with E-state index in [4.69, 9.17) is 14.9 Å². The fourth-order valence-corrected chi connectivity index (χ4v) is 1.45. The van der Waals surface area contributed by atoms with Gasteiger partial charge in [0.05, 0.1) is 7.11 Å². The predicted octanol–water partition coefficient (Wildman–Crippen LogP) is -0.275. The maximum absolute atomic E-state index is 11.5. The molecule has 1 aromatic rings. The molecule has 1 unspecified atom stereocenters. The summed E-state index contributed by atoms with van der Waals surface area (Å²) in [6.45, 7) is -0.116. The Morgan fingerprint density at radius 3 is 2.85 bits per heavy atom. The summed E-state index contributed by atoms with van der Waals surface area (Å²) < 4.78 is 4.94. The lowest BCUT2D eigenvalue weighted by Crippen LogP contribution is -2.46. The molecular formula is C12H17N3O5. The average Bonchev–Trinajstić information content (AvgIpc) is 2.44. The number of aromatic nitrogens is 1.